The summed E-state index contributed by atoms with van der Waals surface area (Å²) in [5.74, 6) is 1.61. The van der Waals surface area contributed by atoms with Gasteiger partial charge < -0.3 is 10.3 Å². The molecule has 0 bridgehead atoms. The van der Waals surface area contributed by atoms with E-state index < -0.39 is 0 Å². The van der Waals surface area contributed by atoms with Gasteiger partial charge in [-0.25, -0.2) is 9.97 Å². The Labute approximate surface area is 179 Å². The van der Waals surface area contributed by atoms with E-state index in [1.165, 1.54) is 10.4 Å². The van der Waals surface area contributed by atoms with Crippen molar-refractivity contribution in [3.8, 4) is 0 Å². The summed E-state index contributed by atoms with van der Waals surface area (Å²) in [6.45, 7) is 6.24. The minimum Gasteiger partial charge on any atom is -0.310 e. The first-order chi connectivity index (χ1) is 14.3. The number of hydrogen-bond donors (Lipinski definition) is 2. The van der Waals surface area contributed by atoms with Gasteiger partial charge in [0.2, 0.25) is 5.91 Å². The number of aryl methyl sites for hydroxylation is 2. The Morgan fingerprint density at radius 3 is 2.97 bits per heavy atom. The van der Waals surface area contributed by atoms with E-state index in [9.17, 15) is 9.59 Å². The summed E-state index contributed by atoms with van der Waals surface area (Å²) in [6, 6.07) is 5.29. The first-order valence-electron chi connectivity index (χ1n) is 10.3. The zero-order chi connectivity index (χ0) is 21.4. The number of carbonyl (C=O) groups excluding carboxylic acids is 1. The Morgan fingerprint density at radius 1 is 1.40 bits per heavy atom. The van der Waals surface area contributed by atoms with Crippen LogP contribution in [0.1, 0.15) is 48.3 Å². The van der Waals surface area contributed by atoms with Gasteiger partial charge in [-0.05, 0) is 63.8 Å². The largest absolute Gasteiger partial charge is 0.310 e. The molecule has 2 atom stereocenters. The summed E-state index contributed by atoms with van der Waals surface area (Å²) >= 11 is 1.64. The molecular weight excluding hydrogens is 398 g/mol. The molecule has 1 aliphatic rings. The molecule has 4 rings (SSSR count). The average Bonchev–Trinajstić information content (AvgIpc) is 3.04. The van der Waals surface area contributed by atoms with Crippen molar-refractivity contribution in [3.05, 3.63) is 50.5 Å². The molecule has 158 valence electrons. The van der Waals surface area contributed by atoms with E-state index in [4.69, 9.17) is 4.98 Å². The smallest absolute Gasteiger partial charge is 0.259 e. The fourth-order valence-corrected chi connectivity index (χ4v) is 5.32. The summed E-state index contributed by atoms with van der Waals surface area (Å²) in [4.78, 5) is 41.3. The van der Waals surface area contributed by atoms with Gasteiger partial charge in [-0.1, -0.05) is 13.0 Å². The molecule has 0 fully saturated rings. The standard InChI is InChI=1S/C22H27N5O2S/c1-12-8-9-15-16(10-12)30-22-19(15)21(29)25-20(26-22)14(3)27(4)11-18(28)24-17-7-5-6-13(2)23-17/h5-7,12,14H,8-11H2,1-4H3,(H,23,24,28)(H,25,26,29). The van der Waals surface area contributed by atoms with Crippen molar-refractivity contribution in [2.24, 2.45) is 5.92 Å². The lowest BCUT2D eigenvalue weighted by Gasteiger charge is -2.23. The van der Waals surface area contributed by atoms with Crippen molar-refractivity contribution in [2.75, 3.05) is 18.9 Å². The van der Waals surface area contributed by atoms with Gasteiger partial charge in [0.25, 0.3) is 5.56 Å². The van der Waals surface area contributed by atoms with Gasteiger partial charge in [0, 0.05) is 10.6 Å². The highest BCUT2D eigenvalue weighted by Gasteiger charge is 2.25. The average molecular weight is 426 g/mol. The summed E-state index contributed by atoms with van der Waals surface area (Å²) in [6.07, 6.45) is 3.08. The van der Waals surface area contributed by atoms with Gasteiger partial charge in [-0.3, -0.25) is 14.5 Å². The van der Waals surface area contributed by atoms with Gasteiger partial charge in [-0.15, -0.1) is 11.3 Å². The van der Waals surface area contributed by atoms with Crippen molar-refractivity contribution >= 4 is 33.3 Å². The minimum absolute atomic E-state index is 0.0734. The number of aromatic nitrogens is 3. The van der Waals surface area contributed by atoms with Crippen molar-refractivity contribution in [3.63, 3.8) is 0 Å². The number of thiophene rings is 1. The second-order valence-corrected chi connectivity index (χ2v) is 9.37. The Morgan fingerprint density at radius 2 is 2.20 bits per heavy atom. The molecule has 0 saturated carbocycles. The molecule has 0 aliphatic heterocycles. The van der Waals surface area contributed by atoms with Gasteiger partial charge in [0.15, 0.2) is 0 Å². The van der Waals surface area contributed by atoms with Gasteiger partial charge in [0.1, 0.15) is 16.5 Å². The Hall–Kier alpha value is -2.58. The fraction of sp³-hybridized carbons (Fsp3) is 0.455. The third kappa shape index (κ3) is 4.15. The summed E-state index contributed by atoms with van der Waals surface area (Å²) in [7, 11) is 1.85. The third-order valence-corrected chi connectivity index (χ3v) is 6.94. The van der Waals surface area contributed by atoms with Crippen molar-refractivity contribution in [2.45, 2.75) is 46.1 Å². The maximum atomic E-state index is 12.8. The van der Waals surface area contributed by atoms with Crippen LogP contribution in [0.25, 0.3) is 10.2 Å². The predicted molar refractivity (Wildman–Crippen MR) is 120 cm³/mol. The number of hydrogen-bond acceptors (Lipinski definition) is 6. The lowest BCUT2D eigenvalue weighted by Crippen LogP contribution is -2.33. The molecule has 8 heteroatoms. The van der Waals surface area contributed by atoms with E-state index in [1.54, 1.807) is 17.4 Å². The Balaban J connectivity index is 1.51. The quantitative estimate of drug-likeness (QED) is 0.653. The number of fused-ring (bicyclic) bond motifs is 3. The molecule has 0 saturated heterocycles. The minimum atomic E-state index is -0.212. The molecule has 0 aromatic carbocycles. The molecule has 0 radical (unpaired) electrons. The van der Waals surface area contributed by atoms with Crippen LogP contribution in [0.4, 0.5) is 5.82 Å². The van der Waals surface area contributed by atoms with E-state index in [1.807, 2.05) is 37.9 Å². The predicted octanol–water partition coefficient (Wildman–Crippen LogP) is 3.44. The maximum Gasteiger partial charge on any atom is 0.259 e. The molecule has 1 aliphatic carbocycles. The lowest BCUT2D eigenvalue weighted by atomic mass is 9.89. The van der Waals surface area contributed by atoms with E-state index in [2.05, 4.69) is 22.2 Å². The monoisotopic (exact) mass is 425 g/mol. The van der Waals surface area contributed by atoms with Crippen LogP contribution in [0.3, 0.4) is 0 Å². The van der Waals surface area contributed by atoms with Crippen molar-refractivity contribution in [1.29, 1.82) is 0 Å². The molecule has 0 spiro atoms. The second-order valence-electron chi connectivity index (χ2n) is 8.29. The number of pyridine rings is 1. The van der Waals surface area contributed by atoms with E-state index >= 15 is 0 Å². The van der Waals surface area contributed by atoms with Crippen LogP contribution in [0.15, 0.2) is 23.0 Å². The molecule has 1 amide bonds. The zero-order valence-electron chi connectivity index (χ0n) is 17.8. The molecule has 7 nitrogen and oxygen atoms in total. The first kappa shape index (κ1) is 20.7. The van der Waals surface area contributed by atoms with E-state index in [0.717, 1.165) is 35.2 Å². The first-order valence-corrected chi connectivity index (χ1v) is 11.1. The number of rotatable bonds is 5. The molecule has 2 N–H and O–H groups in total. The van der Waals surface area contributed by atoms with Crippen LogP contribution >= 0.6 is 11.3 Å². The number of aromatic amines is 1. The molecule has 2 unspecified atom stereocenters. The molecule has 30 heavy (non-hydrogen) atoms. The van der Waals surface area contributed by atoms with Crippen LogP contribution in [0.5, 0.6) is 0 Å². The van der Waals surface area contributed by atoms with Crippen LogP contribution in [0.2, 0.25) is 0 Å². The lowest BCUT2D eigenvalue weighted by molar-refractivity contribution is -0.117. The number of anilines is 1. The number of amides is 1. The van der Waals surface area contributed by atoms with E-state index in [-0.39, 0.29) is 24.1 Å². The van der Waals surface area contributed by atoms with Gasteiger partial charge in [-0.2, -0.15) is 0 Å². The third-order valence-electron chi connectivity index (χ3n) is 5.79. The highest BCUT2D eigenvalue weighted by atomic mass is 32.1. The van der Waals surface area contributed by atoms with Gasteiger partial charge >= 0.3 is 0 Å². The fourth-order valence-electron chi connectivity index (χ4n) is 3.93. The van der Waals surface area contributed by atoms with Crippen LogP contribution in [0, 0.1) is 12.8 Å². The number of likely N-dealkylation sites (N-methyl/N-ethyl adjacent to an activating group) is 1. The van der Waals surface area contributed by atoms with Crippen molar-refractivity contribution < 1.29 is 4.79 Å². The molecular formula is C22H27N5O2S. The Kier molecular flexibility index (Phi) is 5.71. The SMILES string of the molecule is Cc1cccc(NC(=O)CN(C)C(C)c2nc3sc4c(c3c(=O)[nH]2)CCC(C)C4)n1. The highest BCUT2D eigenvalue weighted by Crippen LogP contribution is 2.36. The summed E-state index contributed by atoms with van der Waals surface area (Å²) < 4.78 is 0. The van der Waals surface area contributed by atoms with Crippen LogP contribution < -0.4 is 10.9 Å². The molecule has 3 aromatic rings. The second kappa shape index (κ2) is 8.28. The number of nitrogens with one attached hydrogen (secondary N) is 2. The van der Waals surface area contributed by atoms with Gasteiger partial charge in [0.05, 0.1) is 18.0 Å². The highest BCUT2D eigenvalue weighted by molar-refractivity contribution is 7.18. The Bertz CT molecular complexity index is 1150. The van der Waals surface area contributed by atoms with E-state index in [0.29, 0.717) is 17.6 Å². The maximum absolute atomic E-state index is 12.8. The molecule has 3 heterocycles. The molecule has 3 aromatic heterocycles. The van der Waals surface area contributed by atoms with Crippen molar-refractivity contribution in [1.82, 2.24) is 19.9 Å². The topological polar surface area (TPSA) is 91.0 Å². The number of nitrogens with zero attached hydrogens (tertiary/aromatic N) is 3. The number of carbonyl (C=O) groups is 1. The van der Waals surface area contributed by atoms with Crippen LogP contribution in [-0.2, 0) is 17.6 Å². The summed E-state index contributed by atoms with van der Waals surface area (Å²) in [5.41, 5.74) is 1.95. The zero-order valence-corrected chi connectivity index (χ0v) is 18.6. The van der Waals surface area contributed by atoms with Crippen LogP contribution in [-0.4, -0.2) is 39.4 Å². The number of H-pyrrole nitrogens is 1. The summed E-state index contributed by atoms with van der Waals surface area (Å²) in [5, 5.41) is 3.57. The normalized spacial score (nSPS) is 17.2.